The van der Waals surface area contributed by atoms with Gasteiger partial charge in [0.1, 0.15) is 6.29 Å². The molecule has 0 spiro atoms. The van der Waals surface area contributed by atoms with Gasteiger partial charge in [0.25, 0.3) is 5.91 Å². The van der Waals surface area contributed by atoms with Crippen molar-refractivity contribution in [3.05, 3.63) is 0 Å². The molecule has 0 aromatic heterocycles. The van der Waals surface area contributed by atoms with Gasteiger partial charge in [-0.2, -0.15) is 0 Å². The molecule has 0 saturated carbocycles. The molecule has 0 aliphatic rings. The van der Waals surface area contributed by atoms with Crippen molar-refractivity contribution < 1.29 is 19.6 Å². The predicted molar refractivity (Wildman–Crippen MR) is 30.9 cm³/mol. The van der Waals surface area contributed by atoms with Gasteiger partial charge in [0.2, 0.25) is 0 Å². The standard InChI is InChI=1S/C5H9NO4/c1-10-6(9)5(8)3-2-4-7/h4,9H,2-3H2,1H3. The molecule has 58 valence electrons. The SMILES string of the molecule is CON(O)C(=O)CCC=O. The molecule has 0 aromatic rings. The van der Waals surface area contributed by atoms with Crippen molar-refractivity contribution in [2.24, 2.45) is 0 Å². The molecule has 0 heterocycles. The minimum atomic E-state index is -0.630. The summed E-state index contributed by atoms with van der Waals surface area (Å²) in [6.45, 7) is 0. The normalized spacial score (nSPS) is 9.00. The number of aldehydes is 1. The number of nitrogens with zero attached hydrogens (tertiary/aromatic N) is 1. The van der Waals surface area contributed by atoms with Crippen LogP contribution in [0.2, 0.25) is 0 Å². The quantitative estimate of drug-likeness (QED) is 0.338. The van der Waals surface area contributed by atoms with Crippen LogP contribution in [-0.2, 0) is 14.4 Å². The van der Waals surface area contributed by atoms with Crippen LogP contribution < -0.4 is 0 Å². The largest absolute Gasteiger partial charge is 0.303 e. The molecule has 0 rings (SSSR count). The summed E-state index contributed by atoms with van der Waals surface area (Å²) in [5.74, 6) is -0.630. The Morgan fingerprint density at radius 1 is 1.80 bits per heavy atom. The monoisotopic (exact) mass is 147 g/mol. The second-order valence-electron chi connectivity index (χ2n) is 1.55. The smallest absolute Gasteiger partial charge is 0.273 e. The predicted octanol–water partition coefficient (Wildman–Crippen LogP) is -0.255. The first kappa shape index (κ1) is 9.06. The van der Waals surface area contributed by atoms with Crippen LogP contribution in [0.3, 0.4) is 0 Å². The molecule has 0 aromatic carbocycles. The van der Waals surface area contributed by atoms with Crippen molar-refractivity contribution in [3.63, 3.8) is 0 Å². The molecular weight excluding hydrogens is 138 g/mol. The van der Waals surface area contributed by atoms with Crippen LogP contribution in [0.25, 0.3) is 0 Å². The highest BCUT2D eigenvalue weighted by atomic mass is 16.9. The number of carbonyl (C=O) groups is 2. The maximum atomic E-state index is 10.5. The molecule has 0 bridgehead atoms. The molecular formula is C5H9NO4. The number of hydrogen-bond acceptors (Lipinski definition) is 4. The van der Waals surface area contributed by atoms with E-state index in [9.17, 15) is 9.59 Å². The summed E-state index contributed by atoms with van der Waals surface area (Å²) in [6, 6.07) is 0. The Balaban J connectivity index is 3.51. The second kappa shape index (κ2) is 4.89. The average Bonchev–Trinajstić information content (AvgIpc) is 1.98. The lowest BCUT2D eigenvalue weighted by Crippen LogP contribution is -2.25. The minimum absolute atomic E-state index is 0.0339. The number of carbonyl (C=O) groups excluding carboxylic acids is 2. The summed E-state index contributed by atoms with van der Waals surface area (Å²) in [7, 11) is 1.15. The zero-order chi connectivity index (χ0) is 7.98. The topological polar surface area (TPSA) is 66.8 Å². The molecule has 1 N–H and O–H groups in total. The van der Waals surface area contributed by atoms with Crippen molar-refractivity contribution in [2.45, 2.75) is 12.8 Å². The van der Waals surface area contributed by atoms with E-state index in [1.165, 1.54) is 0 Å². The summed E-state index contributed by atoms with van der Waals surface area (Å²) in [5, 5.41) is 8.60. The number of amides is 1. The Hall–Kier alpha value is -0.940. The van der Waals surface area contributed by atoms with E-state index in [0.29, 0.717) is 6.29 Å². The molecule has 0 atom stereocenters. The maximum Gasteiger partial charge on any atom is 0.273 e. The van der Waals surface area contributed by atoms with Gasteiger partial charge in [0.15, 0.2) is 0 Å². The van der Waals surface area contributed by atoms with E-state index in [4.69, 9.17) is 5.21 Å². The lowest BCUT2D eigenvalue weighted by atomic mass is 10.3. The zero-order valence-corrected chi connectivity index (χ0v) is 5.61. The fourth-order valence-corrected chi connectivity index (χ4v) is 0.380. The Morgan fingerprint density at radius 2 is 2.40 bits per heavy atom. The molecule has 1 amide bonds. The number of hydroxylamine groups is 2. The minimum Gasteiger partial charge on any atom is -0.303 e. The van der Waals surface area contributed by atoms with E-state index in [2.05, 4.69) is 4.84 Å². The van der Waals surface area contributed by atoms with Crippen LogP contribution in [0.15, 0.2) is 0 Å². The molecule has 5 heteroatoms. The van der Waals surface area contributed by atoms with Crippen molar-refractivity contribution in [1.29, 1.82) is 0 Å². The summed E-state index contributed by atoms with van der Waals surface area (Å²) in [5.41, 5.74) is 0. The van der Waals surface area contributed by atoms with Crippen LogP contribution in [0.5, 0.6) is 0 Å². The van der Waals surface area contributed by atoms with E-state index in [0.717, 1.165) is 7.11 Å². The average molecular weight is 147 g/mol. The van der Waals surface area contributed by atoms with E-state index in [1.54, 1.807) is 0 Å². The highest BCUT2D eigenvalue weighted by Gasteiger charge is 2.07. The van der Waals surface area contributed by atoms with Gasteiger partial charge in [0.05, 0.1) is 7.11 Å². The second-order valence-corrected chi connectivity index (χ2v) is 1.55. The van der Waals surface area contributed by atoms with Crippen LogP contribution >= 0.6 is 0 Å². The maximum absolute atomic E-state index is 10.5. The van der Waals surface area contributed by atoms with Gasteiger partial charge in [0, 0.05) is 12.8 Å². The van der Waals surface area contributed by atoms with Gasteiger partial charge in [-0.15, -0.1) is 0 Å². The first-order chi connectivity index (χ1) is 4.72. The molecule has 0 aliphatic carbocycles. The molecule has 0 fully saturated rings. The lowest BCUT2D eigenvalue weighted by Gasteiger charge is -2.08. The summed E-state index contributed by atoms with van der Waals surface area (Å²) >= 11 is 0. The van der Waals surface area contributed by atoms with E-state index in [-0.39, 0.29) is 18.1 Å². The van der Waals surface area contributed by atoms with Crippen LogP contribution in [0.4, 0.5) is 0 Å². The summed E-state index contributed by atoms with van der Waals surface area (Å²) < 4.78 is 0. The van der Waals surface area contributed by atoms with Crippen LogP contribution in [-0.4, -0.2) is 29.7 Å². The third kappa shape index (κ3) is 3.16. The molecule has 0 aliphatic heterocycles. The molecule has 0 saturated heterocycles. The molecule has 0 radical (unpaired) electrons. The molecule has 5 nitrogen and oxygen atoms in total. The van der Waals surface area contributed by atoms with Gasteiger partial charge in [-0.05, 0) is 0 Å². The number of hydrogen-bond donors (Lipinski definition) is 1. The molecule has 10 heavy (non-hydrogen) atoms. The fraction of sp³-hybridized carbons (Fsp3) is 0.600. The van der Waals surface area contributed by atoms with Crippen molar-refractivity contribution >= 4 is 12.2 Å². The van der Waals surface area contributed by atoms with Crippen molar-refractivity contribution in [3.8, 4) is 0 Å². The van der Waals surface area contributed by atoms with E-state index < -0.39 is 5.91 Å². The number of rotatable bonds is 4. The van der Waals surface area contributed by atoms with Crippen LogP contribution in [0, 0.1) is 0 Å². The Bertz CT molecular complexity index is 125. The molecule has 0 unspecified atom stereocenters. The lowest BCUT2D eigenvalue weighted by molar-refractivity contribution is -0.301. The van der Waals surface area contributed by atoms with Crippen molar-refractivity contribution in [2.75, 3.05) is 7.11 Å². The highest BCUT2D eigenvalue weighted by molar-refractivity contribution is 5.76. The van der Waals surface area contributed by atoms with Gasteiger partial charge in [-0.3, -0.25) is 10.0 Å². The summed E-state index contributed by atoms with van der Waals surface area (Å²) in [4.78, 5) is 24.4. The van der Waals surface area contributed by atoms with E-state index >= 15 is 0 Å². The Labute approximate surface area is 58.1 Å². The first-order valence-electron chi connectivity index (χ1n) is 2.72. The first-order valence-corrected chi connectivity index (χ1v) is 2.72. The third-order valence-corrected chi connectivity index (χ3v) is 0.862. The zero-order valence-electron chi connectivity index (χ0n) is 5.61. The van der Waals surface area contributed by atoms with Gasteiger partial charge >= 0.3 is 0 Å². The summed E-state index contributed by atoms with van der Waals surface area (Å²) in [6.07, 6.45) is 0.661. The van der Waals surface area contributed by atoms with Gasteiger partial charge in [-0.1, -0.05) is 5.23 Å². The highest BCUT2D eigenvalue weighted by Crippen LogP contribution is 1.91. The van der Waals surface area contributed by atoms with Gasteiger partial charge in [-0.25, -0.2) is 4.84 Å². The van der Waals surface area contributed by atoms with E-state index in [1.807, 2.05) is 0 Å². The van der Waals surface area contributed by atoms with Gasteiger partial charge < -0.3 is 4.79 Å². The Kier molecular flexibility index (Phi) is 4.43. The Morgan fingerprint density at radius 3 is 2.80 bits per heavy atom. The van der Waals surface area contributed by atoms with Crippen LogP contribution in [0.1, 0.15) is 12.8 Å². The third-order valence-electron chi connectivity index (χ3n) is 0.862. The van der Waals surface area contributed by atoms with Crippen molar-refractivity contribution in [1.82, 2.24) is 5.23 Å². The fourth-order valence-electron chi connectivity index (χ4n) is 0.380.